The predicted molar refractivity (Wildman–Crippen MR) is 398 cm³/mol. The molecule has 0 radical (unpaired) electrons. The Balaban J connectivity index is 1.20. The monoisotopic (exact) mass is 1580 g/mol. The van der Waals surface area contributed by atoms with Crippen LogP contribution in [0.4, 0.5) is 0 Å². The minimum atomic E-state index is -5.40. The molecule has 0 spiro atoms. The number of phosphoric ester groups is 3. The van der Waals surface area contributed by atoms with Gasteiger partial charge in [0.05, 0.1) is 59.5 Å². The summed E-state index contributed by atoms with van der Waals surface area (Å²) in [4.78, 5) is 72.3. The van der Waals surface area contributed by atoms with Gasteiger partial charge in [0, 0.05) is 41.5 Å². The lowest BCUT2D eigenvalue weighted by Crippen LogP contribution is -2.67. The topological polar surface area (TPSA) is 320 Å². The molecular weight excluding hydrogens is 1500 g/mol. The third kappa shape index (κ3) is 27.2. The first-order valence-corrected chi connectivity index (χ1v) is 39.1. The minimum absolute atomic E-state index is 0.169. The molecule has 582 valence electrons. The van der Waals surface area contributed by atoms with E-state index in [2.05, 4.69) is 0 Å². The number of carbonyl (C=O) groups excluding carboxylic acids is 6. The van der Waals surface area contributed by atoms with Crippen LogP contribution in [0.2, 0.25) is 0 Å². The maximum atomic E-state index is 16.8. The van der Waals surface area contributed by atoms with Gasteiger partial charge in [-0.15, -0.1) is 0 Å². The van der Waals surface area contributed by atoms with Crippen LogP contribution in [0.25, 0.3) is 0 Å². The van der Waals surface area contributed by atoms with Crippen LogP contribution < -0.4 is 28.4 Å². The smallest absolute Gasteiger partial charge is 0.427 e. The molecule has 9 aromatic rings. The Labute approximate surface area is 640 Å². The molecule has 0 amide bonds. The molecule has 0 aliphatic heterocycles. The molecule has 111 heavy (non-hydrogen) atoms. The fourth-order valence-corrected chi connectivity index (χ4v) is 15.0. The summed E-state index contributed by atoms with van der Waals surface area (Å²) in [5.41, 5.74) is 3.75. The molecule has 27 nitrogen and oxygen atoms in total. The first-order chi connectivity index (χ1) is 53.4. The van der Waals surface area contributed by atoms with Crippen LogP contribution in [-0.2, 0) is 157 Å². The predicted octanol–water partition coefficient (Wildman–Crippen LogP) is 16.1. The van der Waals surface area contributed by atoms with Crippen molar-refractivity contribution in [2.24, 2.45) is 0 Å². The molecule has 6 atom stereocenters. The molecule has 0 unspecified atom stereocenters. The summed E-state index contributed by atoms with van der Waals surface area (Å²) in [6, 6.07) is 62.6. The van der Waals surface area contributed by atoms with Gasteiger partial charge < -0.3 is 42.6 Å². The van der Waals surface area contributed by atoms with Crippen LogP contribution in [0.5, 0.6) is 34.5 Å². The number of phosphoric acid groups is 3. The fourth-order valence-electron chi connectivity index (χ4n) is 10.9. The molecule has 0 bridgehead atoms. The normalized spacial score (nSPS) is 16.4. The van der Waals surface area contributed by atoms with E-state index >= 15 is 13.7 Å². The summed E-state index contributed by atoms with van der Waals surface area (Å²) in [6.45, 7) is 3.18. The van der Waals surface area contributed by atoms with E-state index in [9.17, 15) is 28.8 Å². The van der Waals surface area contributed by atoms with Crippen molar-refractivity contribution in [2.45, 2.75) is 138 Å². The van der Waals surface area contributed by atoms with Crippen LogP contribution in [0.3, 0.4) is 0 Å². The molecule has 1 aliphatic rings. The molecule has 10 rings (SSSR count). The van der Waals surface area contributed by atoms with E-state index < -0.39 is 136 Å². The first-order valence-electron chi connectivity index (χ1n) is 34.7. The summed E-state index contributed by atoms with van der Waals surface area (Å²) in [6.07, 6.45) is -11.6. The van der Waals surface area contributed by atoms with Gasteiger partial charge >= 0.3 is 59.3 Å². The summed E-state index contributed by atoms with van der Waals surface area (Å²) < 4.78 is 163. The Morgan fingerprint density at radius 3 is 0.541 bits per heavy atom. The van der Waals surface area contributed by atoms with E-state index in [-0.39, 0.29) is 54.3 Å². The van der Waals surface area contributed by atoms with Gasteiger partial charge in [0.1, 0.15) is 71.1 Å². The lowest BCUT2D eigenvalue weighted by Gasteiger charge is -2.50. The van der Waals surface area contributed by atoms with Crippen molar-refractivity contribution >= 4 is 59.3 Å². The second-order valence-electron chi connectivity index (χ2n) is 24.9. The maximum absolute atomic E-state index is 16.8. The van der Waals surface area contributed by atoms with E-state index in [0.717, 1.165) is 0 Å². The summed E-state index contributed by atoms with van der Waals surface area (Å²) in [5.74, 6) is -2.48. The Morgan fingerprint density at radius 1 is 0.216 bits per heavy atom. The molecule has 0 saturated heterocycles. The molecule has 0 N–H and O–H groups in total. The van der Waals surface area contributed by atoms with Crippen molar-refractivity contribution < 1.29 is 126 Å². The minimum Gasteiger partial charge on any atom is -0.427 e. The van der Waals surface area contributed by atoms with Crippen molar-refractivity contribution in [2.75, 3.05) is 0 Å². The van der Waals surface area contributed by atoms with Crippen molar-refractivity contribution in [3.8, 4) is 34.5 Å². The van der Waals surface area contributed by atoms with E-state index in [0.29, 0.717) is 50.1 Å². The van der Waals surface area contributed by atoms with Crippen molar-refractivity contribution in [3.05, 3.63) is 287 Å². The maximum Gasteiger partial charge on any atom is 0.475 e. The Hall–Kier alpha value is -9.99. The Bertz CT molecular complexity index is 4470. The highest BCUT2D eigenvalue weighted by Crippen LogP contribution is 2.61. The molecule has 1 saturated carbocycles. The molecule has 1 aliphatic carbocycles. The average molecular weight is 1580 g/mol. The number of hydrogen-bond acceptors (Lipinski definition) is 27. The van der Waals surface area contributed by atoms with Gasteiger partial charge in [-0.05, 0) is 123 Å². The average Bonchev–Trinajstić information content (AvgIpc) is 0.744. The van der Waals surface area contributed by atoms with Crippen molar-refractivity contribution in [3.63, 3.8) is 0 Å². The van der Waals surface area contributed by atoms with Crippen molar-refractivity contribution in [1.29, 1.82) is 0 Å². The van der Waals surface area contributed by atoms with Crippen molar-refractivity contribution in [1.82, 2.24) is 0 Å². The molecule has 9 aromatic carbocycles. The van der Waals surface area contributed by atoms with Gasteiger partial charge in [-0.3, -0.25) is 69.5 Å². The highest BCUT2D eigenvalue weighted by Gasteiger charge is 2.61. The molecular formula is C81H81O27P3. The van der Waals surface area contributed by atoms with Gasteiger partial charge in [0.25, 0.3) is 0 Å². The Morgan fingerprint density at radius 2 is 0.369 bits per heavy atom. The largest absolute Gasteiger partial charge is 0.475 e. The van der Waals surface area contributed by atoms with E-state index in [1.807, 2.05) is 0 Å². The Kier molecular flexibility index (Phi) is 30.7. The van der Waals surface area contributed by atoms with E-state index in [1.54, 1.807) is 115 Å². The van der Waals surface area contributed by atoms with Crippen LogP contribution in [0, 0.1) is 0 Å². The third-order valence-electron chi connectivity index (χ3n) is 16.0. The molecule has 0 heterocycles. The molecule has 0 aromatic heterocycles. The van der Waals surface area contributed by atoms with Gasteiger partial charge in [0.2, 0.25) is 0 Å². The number of hydrogen-bond donors (Lipinski definition) is 0. The van der Waals surface area contributed by atoms with Gasteiger partial charge in [-0.2, -0.15) is 0 Å². The summed E-state index contributed by atoms with van der Waals surface area (Å²) >= 11 is 0. The quantitative estimate of drug-likeness (QED) is 0.0196. The lowest BCUT2D eigenvalue weighted by atomic mass is 9.84. The van der Waals surface area contributed by atoms with Crippen LogP contribution >= 0.6 is 23.5 Å². The van der Waals surface area contributed by atoms with Crippen LogP contribution in [0.15, 0.2) is 237 Å². The molecule has 30 heteroatoms. The van der Waals surface area contributed by atoms with Gasteiger partial charge in [0.15, 0.2) is 0 Å². The van der Waals surface area contributed by atoms with Gasteiger partial charge in [-0.1, -0.05) is 164 Å². The van der Waals surface area contributed by atoms with E-state index in [1.165, 1.54) is 163 Å². The van der Waals surface area contributed by atoms with Crippen LogP contribution in [-0.4, -0.2) is 72.4 Å². The number of esters is 6. The second-order valence-corrected chi connectivity index (χ2v) is 29.8. The zero-order chi connectivity index (χ0) is 78.8. The zero-order valence-electron chi connectivity index (χ0n) is 61.2. The number of rotatable bonds is 39. The van der Waals surface area contributed by atoms with E-state index in [4.69, 9.17) is 83.3 Å². The summed E-state index contributed by atoms with van der Waals surface area (Å²) in [7, 11) is -16.0. The summed E-state index contributed by atoms with van der Waals surface area (Å²) in [5, 5.41) is 0. The highest BCUT2D eigenvalue weighted by atomic mass is 31.2. The highest BCUT2D eigenvalue weighted by molar-refractivity contribution is 7.49. The van der Waals surface area contributed by atoms with Gasteiger partial charge in [-0.25, -0.2) is 13.7 Å². The second kappa shape index (κ2) is 40.8. The number of benzene rings is 9. The SMILES string of the molecule is CC(=O)Oc1ccc(COP(=O)(OCc2ccc(OC(C)=O)cc2)O[C@H]2[C@H](OCc3ccccc3)[C@@H](OCc3ccccc3)[C@@H](OP(=O)(OCc3ccc(OC(C)=O)cc3)OCc3ccc(OC(C)=O)cc3)[C@@H](OP(=O)(OCc3ccc(OC(C)=O)cc3)OCc3ccc(OC(C)=O)cc3)[C@@H]2OCc2ccccc2)cc1. The number of carbonyl (C=O) groups is 6. The lowest BCUT2D eigenvalue weighted by molar-refractivity contribution is -0.255. The first kappa shape index (κ1) is 83.5. The number of ether oxygens (including phenoxy) is 9. The molecule has 1 fully saturated rings. The fraction of sp³-hybridized carbons (Fsp3) is 0.259. The zero-order valence-corrected chi connectivity index (χ0v) is 63.9. The third-order valence-corrected chi connectivity index (χ3v) is 20.2. The van der Waals surface area contributed by atoms with Crippen LogP contribution in [0.1, 0.15) is 91.6 Å². The standard InChI is InChI=1S/C81H81O27P3/c1-55(82)100-70-34-22-64(23-35-70)49-94-109(88,95-50-65-24-36-71(37-25-65)101-56(2)83)106-79-76(91-46-61-16-10-7-11-17-61)77(92-47-62-18-12-8-13-19-62)80(107-110(89,96-51-66-26-38-72(39-27-66)102-57(3)84)97-52-67-28-40-73(41-29-67)103-58(4)85)81(78(79)93-48-63-20-14-9-15-21-63)108-111(90,98-53-68-30-42-74(43-31-68)104-59(5)86)99-54-69-32-44-75(45-33-69)105-60(6)87/h7-45,76-81H,46-54H2,1-6H3/t76-,77-,78-,79+,80-,81+/m1/s1.